The number of fused-ring (bicyclic) bond motifs is 1. The van der Waals surface area contributed by atoms with Gasteiger partial charge >= 0.3 is 0 Å². The number of hydrogen-bond acceptors (Lipinski definition) is 4. The first-order valence-electron chi connectivity index (χ1n) is 7.85. The number of aryl methyl sites for hydroxylation is 2. The summed E-state index contributed by atoms with van der Waals surface area (Å²) in [6.07, 6.45) is 4.42. The molecule has 0 spiro atoms. The summed E-state index contributed by atoms with van der Waals surface area (Å²) in [5.41, 5.74) is 9.10. The maximum atomic E-state index is 9.06. The van der Waals surface area contributed by atoms with Crippen LogP contribution in [-0.4, -0.2) is 29.1 Å². The second-order valence-corrected chi connectivity index (χ2v) is 6.54. The summed E-state index contributed by atoms with van der Waals surface area (Å²) < 4.78 is 0. The number of rotatable bonds is 3. The van der Waals surface area contributed by atoms with Crippen LogP contribution in [0.2, 0.25) is 0 Å². The second-order valence-electron chi connectivity index (χ2n) is 6.54. The maximum absolute atomic E-state index is 9.06. The standard InChI is InChI=1S/C16H24N4O/c1-10(2)12-6-7-20(9-12)16-13(15(17)19-21)8-11-4-3-5-14(11)18-16/h8,10,12,21H,3-7,9H2,1-2H3,(H2,17,19). The third-order valence-corrected chi connectivity index (χ3v) is 4.88. The van der Waals surface area contributed by atoms with Gasteiger partial charge in [0, 0.05) is 18.8 Å². The molecular weight excluding hydrogens is 264 g/mol. The van der Waals surface area contributed by atoms with Crippen LogP contribution in [-0.2, 0) is 12.8 Å². The molecule has 2 heterocycles. The maximum Gasteiger partial charge on any atom is 0.173 e. The SMILES string of the molecule is CC(C)C1CCN(c2nc3c(cc2C(N)=NO)CCC3)C1. The molecule has 5 heteroatoms. The first kappa shape index (κ1) is 14.2. The van der Waals surface area contributed by atoms with Crippen LogP contribution in [0.15, 0.2) is 11.2 Å². The van der Waals surface area contributed by atoms with E-state index in [0.717, 1.165) is 43.7 Å². The van der Waals surface area contributed by atoms with E-state index in [0.29, 0.717) is 11.8 Å². The van der Waals surface area contributed by atoms with Gasteiger partial charge in [-0.05, 0) is 49.1 Å². The molecule has 1 saturated heterocycles. The van der Waals surface area contributed by atoms with Gasteiger partial charge in [0.1, 0.15) is 5.82 Å². The second kappa shape index (κ2) is 5.54. The van der Waals surface area contributed by atoms with Crippen LogP contribution in [0, 0.1) is 11.8 Å². The molecule has 114 valence electrons. The van der Waals surface area contributed by atoms with Gasteiger partial charge in [0.05, 0.1) is 5.56 Å². The van der Waals surface area contributed by atoms with Crippen LogP contribution in [0.25, 0.3) is 0 Å². The average molecular weight is 288 g/mol. The van der Waals surface area contributed by atoms with Gasteiger partial charge in [-0.25, -0.2) is 4.98 Å². The lowest BCUT2D eigenvalue weighted by molar-refractivity contribution is 0.318. The lowest BCUT2D eigenvalue weighted by atomic mass is 9.95. The van der Waals surface area contributed by atoms with Crippen molar-refractivity contribution in [1.82, 2.24) is 4.98 Å². The Bertz CT molecular complexity index is 568. The van der Waals surface area contributed by atoms with Gasteiger partial charge in [0.25, 0.3) is 0 Å². The van der Waals surface area contributed by atoms with Crippen molar-refractivity contribution in [3.05, 3.63) is 22.9 Å². The Morgan fingerprint density at radius 2 is 2.29 bits per heavy atom. The summed E-state index contributed by atoms with van der Waals surface area (Å²) >= 11 is 0. The first-order chi connectivity index (χ1) is 10.1. The summed E-state index contributed by atoms with van der Waals surface area (Å²) in [5.74, 6) is 2.44. The molecular formula is C16H24N4O. The first-order valence-corrected chi connectivity index (χ1v) is 7.85. The molecule has 21 heavy (non-hydrogen) atoms. The molecule has 5 nitrogen and oxygen atoms in total. The molecule has 0 radical (unpaired) electrons. The number of nitrogens with zero attached hydrogens (tertiary/aromatic N) is 3. The number of pyridine rings is 1. The Kier molecular flexibility index (Phi) is 3.74. The number of hydrogen-bond donors (Lipinski definition) is 2. The van der Waals surface area contributed by atoms with Gasteiger partial charge in [-0.1, -0.05) is 19.0 Å². The fraction of sp³-hybridized carbons (Fsp3) is 0.625. The van der Waals surface area contributed by atoms with E-state index in [4.69, 9.17) is 15.9 Å². The quantitative estimate of drug-likeness (QED) is 0.387. The van der Waals surface area contributed by atoms with Crippen LogP contribution in [0.1, 0.15) is 43.5 Å². The number of amidine groups is 1. The Hall–Kier alpha value is -1.78. The highest BCUT2D eigenvalue weighted by Gasteiger charge is 2.29. The van der Waals surface area contributed by atoms with Gasteiger partial charge in [-0.2, -0.15) is 0 Å². The van der Waals surface area contributed by atoms with Crippen LogP contribution < -0.4 is 10.6 Å². The summed E-state index contributed by atoms with van der Waals surface area (Å²) in [4.78, 5) is 7.15. The smallest absolute Gasteiger partial charge is 0.173 e. The molecule has 1 aliphatic heterocycles. The van der Waals surface area contributed by atoms with E-state index < -0.39 is 0 Å². The van der Waals surface area contributed by atoms with Crippen molar-refractivity contribution in [2.45, 2.75) is 39.5 Å². The summed E-state index contributed by atoms with van der Waals surface area (Å²) in [6, 6.07) is 2.07. The lowest BCUT2D eigenvalue weighted by Crippen LogP contribution is -2.27. The summed E-state index contributed by atoms with van der Waals surface area (Å²) in [7, 11) is 0. The van der Waals surface area contributed by atoms with Gasteiger partial charge in [-0.3, -0.25) is 0 Å². The molecule has 1 aromatic rings. The van der Waals surface area contributed by atoms with Crippen LogP contribution >= 0.6 is 0 Å². The third kappa shape index (κ3) is 2.57. The van der Waals surface area contributed by atoms with Crippen LogP contribution in [0.3, 0.4) is 0 Å². The molecule has 0 aromatic carbocycles. The minimum absolute atomic E-state index is 0.167. The topological polar surface area (TPSA) is 74.7 Å². The third-order valence-electron chi connectivity index (χ3n) is 4.88. The average Bonchev–Trinajstić information content (AvgIpc) is 3.13. The minimum atomic E-state index is 0.167. The van der Waals surface area contributed by atoms with Crippen LogP contribution in [0.5, 0.6) is 0 Å². The molecule has 0 saturated carbocycles. The number of aromatic nitrogens is 1. The zero-order chi connectivity index (χ0) is 15.0. The van der Waals surface area contributed by atoms with Crippen molar-refractivity contribution in [3.63, 3.8) is 0 Å². The molecule has 0 bridgehead atoms. The van der Waals surface area contributed by atoms with Gasteiger partial charge < -0.3 is 15.8 Å². The zero-order valence-corrected chi connectivity index (χ0v) is 12.8. The predicted molar refractivity (Wildman–Crippen MR) is 83.9 cm³/mol. The van der Waals surface area contributed by atoms with Crippen molar-refractivity contribution in [3.8, 4) is 0 Å². The largest absolute Gasteiger partial charge is 0.409 e. The van der Waals surface area contributed by atoms with E-state index in [-0.39, 0.29) is 5.84 Å². The molecule has 1 aromatic heterocycles. The van der Waals surface area contributed by atoms with E-state index in [1.165, 1.54) is 17.7 Å². The van der Waals surface area contributed by atoms with Gasteiger partial charge in [0.15, 0.2) is 5.84 Å². The Morgan fingerprint density at radius 3 is 2.95 bits per heavy atom. The molecule has 1 fully saturated rings. The summed E-state index contributed by atoms with van der Waals surface area (Å²) in [5, 5.41) is 12.3. The van der Waals surface area contributed by atoms with Crippen LogP contribution in [0.4, 0.5) is 5.82 Å². The van der Waals surface area contributed by atoms with Crippen molar-refractivity contribution in [2.24, 2.45) is 22.7 Å². The molecule has 3 N–H and O–H groups in total. The normalized spacial score (nSPS) is 22.1. The highest BCUT2D eigenvalue weighted by molar-refractivity contribution is 6.01. The number of anilines is 1. The van der Waals surface area contributed by atoms with E-state index in [2.05, 4.69) is 30.0 Å². The highest BCUT2D eigenvalue weighted by atomic mass is 16.4. The molecule has 1 atom stereocenters. The molecule has 0 amide bonds. The Morgan fingerprint density at radius 1 is 1.48 bits per heavy atom. The van der Waals surface area contributed by atoms with E-state index in [1.807, 2.05) is 0 Å². The van der Waals surface area contributed by atoms with Crippen molar-refractivity contribution in [1.29, 1.82) is 0 Å². The number of oxime groups is 1. The fourth-order valence-electron chi connectivity index (χ4n) is 3.47. The van der Waals surface area contributed by atoms with Gasteiger partial charge in [0.2, 0.25) is 0 Å². The van der Waals surface area contributed by atoms with E-state index >= 15 is 0 Å². The highest BCUT2D eigenvalue weighted by Crippen LogP contribution is 2.32. The van der Waals surface area contributed by atoms with Gasteiger partial charge in [-0.15, -0.1) is 0 Å². The van der Waals surface area contributed by atoms with Crippen molar-refractivity contribution >= 4 is 11.7 Å². The van der Waals surface area contributed by atoms with E-state index in [1.54, 1.807) is 0 Å². The molecule has 2 aliphatic rings. The predicted octanol–water partition coefficient (Wildman–Crippen LogP) is 2.15. The molecule has 1 unspecified atom stereocenters. The molecule has 3 rings (SSSR count). The fourth-order valence-corrected chi connectivity index (χ4v) is 3.47. The van der Waals surface area contributed by atoms with Crippen molar-refractivity contribution in [2.75, 3.05) is 18.0 Å². The Balaban J connectivity index is 1.97. The van der Waals surface area contributed by atoms with Crippen molar-refractivity contribution < 1.29 is 5.21 Å². The Labute approximate surface area is 125 Å². The molecule has 1 aliphatic carbocycles. The summed E-state index contributed by atoms with van der Waals surface area (Å²) in [6.45, 7) is 6.55. The monoisotopic (exact) mass is 288 g/mol. The zero-order valence-electron chi connectivity index (χ0n) is 12.8. The lowest BCUT2D eigenvalue weighted by Gasteiger charge is -2.22. The minimum Gasteiger partial charge on any atom is -0.409 e. The van der Waals surface area contributed by atoms with E-state index in [9.17, 15) is 0 Å². The number of nitrogens with two attached hydrogens (primary N) is 1.